The first-order valence-electron chi connectivity index (χ1n) is 9.16. The summed E-state index contributed by atoms with van der Waals surface area (Å²) in [5, 5.41) is 1.98. The highest BCUT2D eigenvalue weighted by Gasteiger charge is 2.61. The van der Waals surface area contributed by atoms with Gasteiger partial charge in [-0.05, 0) is 37.6 Å². The molecule has 0 radical (unpaired) electrons. The van der Waals surface area contributed by atoms with Gasteiger partial charge in [-0.2, -0.15) is 22.0 Å². The summed E-state index contributed by atoms with van der Waals surface area (Å²) in [5.74, 6) is -5.89. The first-order chi connectivity index (χ1) is 14.8. The summed E-state index contributed by atoms with van der Waals surface area (Å²) in [6.45, 7) is 2.34. The Balaban J connectivity index is 1.94. The number of nitrogens with zero attached hydrogens (tertiary/aromatic N) is 2. The van der Waals surface area contributed by atoms with Gasteiger partial charge < -0.3 is 11.1 Å². The zero-order valence-electron chi connectivity index (χ0n) is 16.7. The Morgan fingerprint density at radius 2 is 1.88 bits per heavy atom. The Morgan fingerprint density at radius 3 is 2.50 bits per heavy atom. The summed E-state index contributed by atoms with van der Waals surface area (Å²) in [6.07, 6.45) is -3.66. The van der Waals surface area contributed by atoms with E-state index in [2.05, 4.69) is 15.3 Å². The Morgan fingerprint density at radius 1 is 1.22 bits per heavy atom. The molecule has 1 saturated heterocycles. The number of rotatable bonds is 5. The van der Waals surface area contributed by atoms with Gasteiger partial charge >= 0.3 is 6.18 Å². The number of primary amides is 1. The number of carbonyl (C=O) groups excluding carboxylic acids is 2. The first kappa shape index (κ1) is 23.6. The summed E-state index contributed by atoms with van der Waals surface area (Å²) in [6, 6.07) is 5.42. The Hall–Kier alpha value is -3.02. The molecule has 2 amide bonds. The van der Waals surface area contributed by atoms with E-state index in [1.807, 2.05) is 0 Å². The van der Waals surface area contributed by atoms with E-state index in [1.165, 1.54) is 25.1 Å². The molecule has 1 aliphatic heterocycles. The van der Waals surface area contributed by atoms with E-state index in [-0.39, 0.29) is 10.7 Å². The maximum absolute atomic E-state index is 15.3. The molecule has 0 spiro atoms. The van der Waals surface area contributed by atoms with Crippen LogP contribution in [0.4, 0.5) is 22.0 Å². The van der Waals surface area contributed by atoms with Crippen LogP contribution in [0.3, 0.4) is 0 Å². The average Bonchev–Trinajstić information content (AvgIpc) is 3.02. The molecule has 2 aromatic rings. The molecule has 0 bridgehead atoms. The molecule has 32 heavy (non-hydrogen) atoms. The second kappa shape index (κ2) is 8.15. The number of halogens is 5. The van der Waals surface area contributed by atoms with Gasteiger partial charge in [0.25, 0.3) is 11.8 Å². The lowest BCUT2D eigenvalue weighted by Crippen LogP contribution is -2.47. The van der Waals surface area contributed by atoms with Crippen LogP contribution in [0, 0.1) is 0 Å². The lowest BCUT2D eigenvalue weighted by atomic mass is 9.94. The maximum atomic E-state index is 15.3. The number of amidine groups is 1. The monoisotopic (exact) mass is 472 g/mol. The number of amides is 2. The molecule has 170 valence electrons. The standard InChI is InChI=1S/C20H17F5N4O2S/c1-10(12-5-3-4-6-13(12)20(23,24)25)28-17-29-16(31)18(2,32-17)19(21,22)11-7-8-27-14(9-11)15(26)30/h3-10H,1-2H3,(H2,26,30)(H,28,29,31)/t10-,18?/m0/s1. The van der Waals surface area contributed by atoms with Gasteiger partial charge in [-0.25, -0.2) is 0 Å². The maximum Gasteiger partial charge on any atom is 0.416 e. The molecule has 1 aromatic carbocycles. The number of carbonyl (C=O) groups is 2. The molecular formula is C20H17F5N4O2S. The minimum Gasteiger partial charge on any atom is -0.364 e. The number of alkyl halides is 5. The molecule has 0 aliphatic carbocycles. The van der Waals surface area contributed by atoms with Crippen LogP contribution in [-0.2, 0) is 16.9 Å². The zero-order valence-corrected chi connectivity index (χ0v) is 17.5. The minimum atomic E-state index is -4.63. The SMILES string of the molecule is C[C@H](N=C1NC(=O)C(C)(C(F)(F)c2ccnc(C(N)=O)c2)S1)c1ccccc1C(F)(F)F. The van der Waals surface area contributed by atoms with Crippen molar-refractivity contribution in [1.82, 2.24) is 10.3 Å². The second-order valence-corrected chi connectivity index (χ2v) is 8.56. The van der Waals surface area contributed by atoms with Crippen LogP contribution in [0.2, 0.25) is 0 Å². The van der Waals surface area contributed by atoms with Gasteiger partial charge in [-0.1, -0.05) is 30.0 Å². The van der Waals surface area contributed by atoms with Gasteiger partial charge in [0.05, 0.1) is 11.6 Å². The number of pyridine rings is 1. The van der Waals surface area contributed by atoms with Gasteiger partial charge in [0.1, 0.15) is 5.69 Å². The fourth-order valence-corrected chi connectivity index (χ4v) is 4.28. The van der Waals surface area contributed by atoms with Crippen LogP contribution in [0.15, 0.2) is 47.6 Å². The van der Waals surface area contributed by atoms with E-state index < -0.39 is 51.5 Å². The van der Waals surface area contributed by atoms with Crippen LogP contribution in [0.1, 0.15) is 47.1 Å². The molecule has 6 nitrogen and oxygen atoms in total. The van der Waals surface area contributed by atoms with E-state index in [1.54, 1.807) is 0 Å². The Bertz CT molecular complexity index is 1110. The number of nitrogens with one attached hydrogen (secondary N) is 1. The summed E-state index contributed by atoms with van der Waals surface area (Å²) in [7, 11) is 0. The van der Waals surface area contributed by atoms with E-state index in [0.717, 1.165) is 31.3 Å². The summed E-state index contributed by atoms with van der Waals surface area (Å²) >= 11 is 0.395. The van der Waals surface area contributed by atoms with E-state index in [9.17, 15) is 22.8 Å². The van der Waals surface area contributed by atoms with E-state index in [4.69, 9.17) is 5.73 Å². The van der Waals surface area contributed by atoms with Gasteiger partial charge in [-0.3, -0.25) is 19.6 Å². The number of hydrogen-bond donors (Lipinski definition) is 2. The smallest absolute Gasteiger partial charge is 0.364 e. The highest BCUT2D eigenvalue weighted by molar-refractivity contribution is 8.16. The predicted octanol–water partition coefficient (Wildman–Crippen LogP) is 4.03. The normalized spacial score (nSPS) is 21.5. The van der Waals surface area contributed by atoms with Crippen LogP contribution in [0.25, 0.3) is 0 Å². The highest BCUT2D eigenvalue weighted by Crippen LogP contribution is 2.50. The lowest BCUT2D eigenvalue weighted by Gasteiger charge is -2.30. The number of aliphatic imine (C=N–C) groups is 1. The molecular weight excluding hydrogens is 455 g/mol. The number of aromatic nitrogens is 1. The number of nitrogens with two attached hydrogens (primary N) is 1. The fraction of sp³-hybridized carbons (Fsp3) is 0.300. The van der Waals surface area contributed by atoms with Crippen molar-refractivity contribution >= 4 is 28.7 Å². The largest absolute Gasteiger partial charge is 0.416 e. The summed E-state index contributed by atoms with van der Waals surface area (Å²) in [5.41, 5.74) is 2.95. The van der Waals surface area contributed by atoms with Crippen molar-refractivity contribution in [1.29, 1.82) is 0 Å². The molecule has 3 N–H and O–H groups in total. The van der Waals surface area contributed by atoms with Crippen molar-refractivity contribution < 1.29 is 31.5 Å². The summed E-state index contributed by atoms with van der Waals surface area (Å²) in [4.78, 5) is 31.4. The third kappa shape index (κ3) is 4.18. The molecule has 1 unspecified atom stereocenters. The van der Waals surface area contributed by atoms with Crippen molar-refractivity contribution in [2.45, 2.75) is 36.7 Å². The number of benzene rings is 1. The molecule has 1 fully saturated rings. The van der Waals surface area contributed by atoms with E-state index >= 15 is 8.78 Å². The molecule has 1 aliphatic rings. The topological polar surface area (TPSA) is 97.4 Å². The zero-order chi connectivity index (χ0) is 23.9. The lowest BCUT2D eigenvalue weighted by molar-refractivity contribution is -0.138. The highest BCUT2D eigenvalue weighted by atomic mass is 32.2. The number of hydrogen-bond acceptors (Lipinski definition) is 5. The summed E-state index contributed by atoms with van der Waals surface area (Å²) < 4.78 is 68.1. The van der Waals surface area contributed by atoms with Crippen LogP contribution in [-0.4, -0.2) is 26.7 Å². The fourth-order valence-electron chi connectivity index (χ4n) is 3.15. The molecule has 3 rings (SSSR count). The Kier molecular flexibility index (Phi) is 6.02. The molecule has 0 saturated carbocycles. The van der Waals surface area contributed by atoms with Crippen molar-refractivity contribution in [3.05, 3.63) is 65.0 Å². The molecule has 12 heteroatoms. The Labute approximate surface area is 183 Å². The predicted molar refractivity (Wildman–Crippen MR) is 108 cm³/mol. The van der Waals surface area contributed by atoms with Crippen molar-refractivity contribution in [3.63, 3.8) is 0 Å². The molecule has 2 atom stereocenters. The van der Waals surface area contributed by atoms with Gasteiger partial charge in [-0.15, -0.1) is 0 Å². The third-order valence-corrected chi connectivity index (χ3v) is 6.21. The molecule has 1 aromatic heterocycles. The quantitative estimate of drug-likeness (QED) is 0.642. The van der Waals surface area contributed by atoms with Crippen LogP contribution >= 0.6 is 11.8 Å². The minimum absolute atomic E-state index is 0.164. The second-order valence-electron chi connectivity index (χ2n) is 7.15. The first-order valence-corrected chi connectivity index (χ1v) is 9.97. The average molecular weight is 472 g/mol. The van der Waals surface area contributed by atoms with Gasteiger partial charge in [0.15, 0.2) is 9.91 Å². The van der Waals surface area contributed by atoms with Crippen LogP contribution in [0.5, 0.6) is 0 Å². The van der Waals surface area contributed by atoms with Crippen LogP contribution < -0.4 is 11.1 Å². The van der Waals surface area contributed by atoms with Crippen molar-refractivity contribution in [3.8, 4) is 0 Å². The molecule has 2 heterocycles. The third-order valence-electron chi connectivity index (χ3n) is 4.96. The van der Waals surface area contributed by atoms with Gasteiger partial charge in [0.2, 0.25) is 5.91 Å². The van der Waals surface area contributed by atoms with E-state index in [0.29, 0.717) is 11.8 Å². The van der Waals surface area contributed by atoms with Gasteiger partial charge in [0, 0.05) is 11.8 Å². The number of thioether (sulfide) groups is 1. The van der Waals surface area contributed by atoms with Crippen molar-refractivity contribution in [2.24, 2.45) is 10.7 Å². The van der Waals surface area contributed by atoms with Crippen molar-refractivity contribution in [2.75, 3.05) is 0 Å².